The number of nitrogens with one attached hydrogen (secondary N) is 3. The molecule has 1 saturated heterocycles. The van der Waals surface area contributed by atoms with Crippen LogP contribution >= 0.6 is 24.0 Å². The van der Waals surface area contributed by atoms with Gasteiger partial charge in [-0.25, -0.2) is 0 Å². The van der Waals surface area contributed by atoms with Crippen LogP contribution in [0.5, 0.6) is 0 Å². The zero-order chi connectivity index (χ0) is 16.5. The van der Waals surface area contributed by atoms with Crippen LogP contribution in [0.25, 0.3) is 0 Å². The Labute approximate surface area is 163 Å². The van der Waals surface area contributed by atoms with Gasteiger partial charge >= 0.3 is 0 Å². The Balaban J connectivity index is 0.00000288. The third-order valence-electron chi connectivity index (χ3n) is 4.77. The molecule has 1 amide bonds. The zero-order valence-electron chi connectivity index (χ0n) is 15.0. The minimum absolute atomic E-state index is 0. The fraction of sp³-hybridized carbons (Fsp3) is 0.882. The fourth-order valence-corrected chi connectivity index (χ4v) is 3.31. The first-order valence-electron chi connectivity index (χ1n) is 8.99. The summed E-state index contributed by atoms with van der Waals surface area (Å²) in [6.07, 6.45) is 8.69. The molecule has 0 aromatic heterocycles. The molecule has 1 unspecified atom stereocenters. The van der Waals surface area contributed by atoms with Gasteiger partial charge in [-0.1, -0.05) is 19.3 Å². The highest BCUT2D eigenvalue weighted by Crippen LogP contribution is 2.23. The van der Waals surface area contributed by atoms with Crippen LogP contribution < -0.4 is 16.0 Å². The van der Waals surface area contributed by atoms with Crippen molar-refractivity contribution >= 4 is 35.8 Å². The maximum Gasteiger partial charge on any atom is 0.221 e. The van der Waals surface area contributed by atoms with Gasteiger partial charge in [0.05, 0.1) is 5.60 Å². The monoisotopic (exact) mass is 452 g/mol. The maximum atomic E-state index is 12.0. The van der Waals surface area contributed by atoms with E-state index >= 15 is 0 Å². The van der Waals surface area contributed by atoms with E-state index in [1.54, 1.807) is 7.05 Å². The molecule has 6 nitrogen and oxygen atoms in total. The van der Waals surface area contributed by atoms with Crippen LogP contribution in [0.2, 0.25) is 0 Å². The third kappa shape index (κ3) is 7.55. The predicted molar refractivity (Wildman–Crippen MR) is 108 cm³/mol. The first-order chi connectivity index (χ1) is 11.1. The number of guanidine groups is 1. The molecule has 2 fully saturated rings. The standard InChI is InChI=1S/C17H32N4O2.HI/c1-17(10-6-12-23-17)13-20-16(18-2)19-11-9-15(22)21-14-7-4-3-5-8-14;/h14H,3-13H2,1-2H3,(H,21,22)(H2,18,19,20);1H. The first kappa shape index (κ1) is 21.5. The first-order valence-corrected chi connectivity index (χ1v) is 8.99. The van der Waals surface area contributed by atoms with Crippen molar-refractivity contribution < 1.29 is 9.53 Å². The maximum absolute atomic E-state index is 12.0. The minimum Gasteiger partial charge on any atom is -0.373 e. The molecule has 7 heteroatoms. The molecule has 0 spiro atoms. The highest BCUT2D eigenvalue weighted by Gasteiger charge is 2.29. The number of amides is 1. The van der Waals surface area contributed by atoms with Crippen LogP contribution in [0, 0.1) is 0 Å². The van der Waals surface area contributed by atoms with Crippen molar-refractivity contribution in [3.63, 3.8) is 0 Å². The van der Waals surface area contributed by atoms with Gasteiger partial charge in [-0.3, -0.25) is 9.79 Å². The molecule has 140 valence electrons. The third-order valence-corrected chi connectivity index (χ3v) is 4.77. The molecular formula is C17H33IN4O2. The Bertz CT molecular complexity index is 405. The van der Waals surface area contributed by atoms with Gasteiger partial charge in [0.1, 0.15) is 0 Å². The number of aliphatic imine (C=N–C) groups is 1. The second-order valence-corrected chi connectivity index (χ2v) is 6.91. The molecule has 1 heterocycles. The van der Waals surface area contributed by atoms with E-state index in [2.05, 4.69) is 27.9 Å². The van der Waals surface area contributed by atoms with E-state index in [0.717, 1.165) is 44.8 Å². The molecule has 3 N–H and O–H groups in total. The molecule has 24 heavy (non-hydrogen) atoms. The smallest absolute Gasteiger partial charge is 0.221 e. The summed E-state index contributed by atoms with van der Waals surface area (Å²) < 4.78 is 5.75. The molecule has 1 atom stereocenters. The highest BCUT2D eigenvalue weighted by molar-refractivity contribution is 14.0. The SMILES string of the molecule is CN=C(NCCC(=O)NC1CCCCC1)NCC1(C)CCCO1.I. The van der Waals surface area contributed by atoms with Gasteiger partial charge in [-0.2, -0.15) is 0 Å². The van der Waals surface area contributed by atoms with Crippen LogP contribution in [0.1, 0.15) is 58.3 Å². The molecule has 2 rings (SSSR count). The summed E-state index contributed by atoms with van der Waals surface area (Å²) in [5, 5.41) is 9.62. The number of nitrogens with zero attached hydrogens (tertiary/aromatic N) is 1. The summed E-state index contributed by atoms with van der Waals surface area (Å²) in [6, 6.07) is 0.383. The van der Waals surface area contributed by atoms with Gasteiger partial charge in [-0.05, 0) is 32.6 Å². The normalized spacial score (nSPS) is 25.0. The quantitative estimate of drug-likeness (QED) is 0.328. The van der Waals surface area contributed by atoms with Gasteiger partial charge in [-0.15, -0.1) is 24.0 Å². The van der Waals surface area contributed by atoms with Crippen molar-refractivity contribution in [3.05, 3.63) is 0 Å². The summed E-state index contributed by atoms with van der Waals surface area (Å²) in [5.41, 5.74) is -0.101. The molecule has 1 aliphatic heterocycles. The number of rotatable bonds is 6. The number of hydrogen-bond acceptors (Lipinski definition) is 3. The summed E-state index contributed by atoms with van der Waals surface area (Å²) in [5.74, 6) is 0.859. The van der Waals surface area contributed by atoms with Crippen LogP contribution in [0.4, 0.5) is 0 Å². The lowest BCUT2D eigenvalue weighted by atomic mass is 9.95. The summed E-state index contributed by atoms with van der Waals surface area (Å²) >= 11 is 0. The summed E-state index contributed by atoms with van der Waals surface area (Å²) in [7, 11) is 1.75. The summed E-state index contributed by atoms with van der Waals surface area (Å²) in [4.78, 5) is 16.2. The van der Waals surface area contributed by atoms with Crippen molar-refractivity contribution in [1.82, 2.24) is 16.0 Å². The van der Waals surface area contributed by atoms with Gasteiger partial charge in [0.15, 0.2) is 5.96 Å². The molecule has 1 saturated carbocycles. The Morgan fingerprint density at radius 3 is 2.58 bits per heavy atom. The Morgan fingerprint density at radius 2 is 1.96 bits per heavy atom. The molecule has 0 bridgehead atoms. The van der Waals surface area contributed by atoms with E-state index in [0.29, 0.717) is 19.0 Å². The number of halogens is 1. The van der Waals surface area contributed by atoms with E-state index < -0.39 is 0 Å². The fourth-order valence-electron chi connectivity index (χ4n) is 3.31. The number of carbonyl (C=O) groups is 1. The van der Waals surface area contributed by atoms with Crippen LogP contribution in [0.15, 0.2) is 4.99 Å². The van der Waals surface area contributed by atoms with E-state index in [1.165, 1.54) is 19.3 Å². The van der Waals surface area contributed by atoms with Gasteiger partial charge in [0.25, 0.3) is 0 Å². The van der Waals surface area contributed by atoms with E-state index in [9.17, 15) is 4.79 Å². The van der Waals surface area contributed by atoms with Crippen molar-refractivity contribution in [2.24, 2.45) is 4.99 Å². The predicted octanol–water partition coefficient (Wildman–Crippen LogP) is 2.18. The van der Waals surface area contributed by atoms with Crippen LogP contribution in [-0.4, -0.2) is 50.3 Å². The van der Waals surface area contributed by atoms with Gasteiger partial charge in [0, 0.05) is 39.2 Å². The van der Waals surface area contributed by atoms with E-state index in [-0.39, 0.29) is 35.5 Å². The summed E-state index contributed by atoms with van der Waals surface area (Å²) in [6.45, 7) is 4.29. The second kappa shape index (κ2) is 11.1. The Kier molecular flexibility index (Phi) is 9.95. The van der Waals surface area contributed by atoms with Crippen molar-refractivity contribution in [2.75, 3.05) is 26.7 Å². The minimum atomic E-state index is -0.101. The zero-order valence-corrected chi connectivity index (χ0v) is 17.4. The van der Waals surface area contributed by atoms with Crippen molar-refractivity contribution in [2.45, 2.75) is 69.9 Å². The Morgan fingerprint density at radius 1 is 1.21 bits per heavy atom. The molecular weight excluding hydrogens is 419 g/mol. The molecule has 2 aliphatic rings. The van der Waals surface area contributed by atoms with Crippen molar-refractivity contribution in [1.29, 1.82) is 0 Å². The van der Waals surface area contributed by atoms with Crippen molar-refractivity contribution in [3.8, 4) is 0 Å². The Hall–Kier alpha value is -0.570. The molecule has 0 aromatic carbocycles. The lowest BCUT2D eigenvalue weighted by Gasteiger charge is -2.25. The molecule has 0 aromatic rings. The molecule has 0 radical (unpaired) electrons. The average Bonchev–Trinajstić information content (AvgIpc) is 2.98. The number of hydrogen-bond donors (Lipinski definition) is 3. The topological polar surface area (TPSA) is 74.8 Å². The highest BCUT2D eigenvalue weighted by atomic mass is 127. The van der Waals surface area contributed by atoms with E-state index in [1.807, 2.05) is 0 Å². The van der Waals surface area contributed by atoms with Gasteiger partial charge < -0.3 is 20.7 Å². The van der Waals surface area contributed by atoms with Gasteiger partial charge in [0.2, 0.25) is 5.91 Å². The average molecular weight is 452 g/mol. The lowest BCUT2D eigenvalue weighted by molar-refractivity contribution is -0.121. The molecule has 1 aliphatic carbocycles. The number of ether oxygens (including phenoxy) is 1. The second-order valence-electron chi connectivity index (χ2n) is 6.91. The van der Waals surface area contributed by atoms with E-state index in [4.69, 9.17) is 4.74 Å². The van der Waals surface area contributed by atoms with Crippen LogP contribution in [0.3, 0.4) is 0 Å². The van der Waals surface area contributed by atoms with Crippen LogP contribution in [-0.2, 0) is 9.53 Å². The number of carbonyl (C=O) groups excluding carboxylic acids is 1. The lowest BCUT2D eigenvalue weighted by Crippen LogP contribution is -2.46. The largest absolute Gasteiger partial charge is 0.373 e.